The van der Waals surface area contributed by atoms with Crippen LogP contribution in [0.25, 0.3) is 0 Å². The van der Waals surface area contributed by atoms with E-state index in [4.69, 9.17) is 4.74 Å². The van der Waals surface area contributed by atoms with Gasteiger partial charge in [0.1, 0.15) is 5.78 Å². The smallest absolute Gasteiger partial charge is 0.136 e. The highest BCUT2D eigenvalue weighted by Crippen LogP contribution is 2.51. The fourth-order valence-corrected chi connectivity index (χ4v) is 3.89. The zero-order valence-corrected chi connectivity index (χ0v) is 11.5. The van der Waals surface area contributed by atoms with Gasteiger partial charge in [-0.25, -0.2) is 0 Å². The lowest BCUT2D eigenvalue weighted by Crippen LogP contribution is -2.54. The summed E-state index contributed by atoms with van der Waals surface area (Å²) in [5, 5.41) is 0. The molecule has 3 nitrogen and oxygen atoms in total. The van der Waals surface area contributed by atoms with Crippen molar-refractivity contribution in [2.75, 3.05) is 20.3 Å². The predicted molar refractivity (Wildman–Crippen MR) is 70.5 cm³/mol. The predicted octanol–water partition coefficient (Wildman–Crippen LogP) is 2.39. The minimum absolute atomic E-state index is 0.502. The molecule has 0 spiro atoms. The first kappa shape index (κ1) is 12.6. The number of hydrogen-bond acceptors (Lipinski definition) is 3. The lowest BCUT2D eigenvalue weighted by Gasteiger charge is -2.47. The number of carbonyl (C=O) groups is 1. The fraction of sp³-hybridized carbons (Fsp3) is 0.933. The summed E-state index contributed by atoms with van der Waals surface area (Å²) in [6.45, 7) is 2.11. The molecule has 0 N–H and O–H groups in total. The van der Waals surface area contributed by atoms with Crippen LogP contribution in [-0.2, 0) is 9.53 Å². The van der Waals surface area contributed by atoms with Crippen LogP contribution in [0.5, 0.6) is 0 Å². The minimum atomic E-state index is 0.502. The molecule has 2 aliphatic heterocycles. The van der Waals surface area contributed by atoms with Crippen molar-refractivity contribution in [1.29, 1.82) is 0 Å². The third-order valence-corrected chi connectivity index (χ3v) is 5.25. The summed E-state index contributed by atoms with van der Waals surface area (Å²) < 4.78 is 5.25. The molecule has 3 aliphatic rings. The Balaban J connectivity index is 1.63. The summed E-state index contributed by atoms with van der Waals surface area (Å²) in [7, 11) is 1.80. The number of ether oxygens (including phenoxy) is 1. The molecular formula is C15H25NO2. The number of ketones is 1. The number of Topliss-reactive ketones (excluding diaryl/α,β-unsaturated/α-hetero) is 1. The summed E-state index contributed by atoms with van der Waals surface area (Å²) in [4.78, 5) is 14.4. The van der Waals surface area contributed by atoms with Crippen LogP contribution in [-0.4, -0.2) is 43.0 Å². The van der Waals surface area contributed by atoms with Gasteiger partial charge < -0.3 is 4.74 Å². The number of nitrogens with zero attached hydrogens (tertiary/aromatic N) is 1. The van der Waals surface area contributed by atoms with Gasteiger partial charge in [0.2, 0.25) is 0 Å². The average molecular weight is 251 g/mol. The van der Waals surface area contributed by atoms with E-state index < -0.39 is 0 Å². The fourth-order valence-electron chi connectivity index (χ4n) is 3.89. The molecule has 102 valence electrons. The van der Waals surface area contributed by atoms with Gasteiger partial charge in [-0.3, -0.25) is 9.69 Å². The largest absolute Gasteiger partial charge is 0.385 e. The van der Waals surface area contributed by atoms with Crippen molar-refractivity contribution in [3.63, 3.8) is 0 Å². The summed E-state index contributed by atoms with van der Waals surface area (Å²) >= 11 is 0. The maximum Gasteiger partial charge on any atom is 0.136 e. The molecule has 1 saturated carbocycles. The van der Waals surface area contributed by atoms with Gasteiger partial charge in [-0.1, -0.05) is 6.42 Å². The first-order chi connectivity index (χ1) is 8.72. The van der Waals surface area contributed by atoms with Crippen LogP contribution in [0.1, 0.15) is 51.4 Å². The van der Waals surface area contributed by atoms with Gasteiger partial charge in [0.05, 0.1) is 0 Å². The highest BCUT2D eigenvalue weighted by Gasteiger charge is 2.47. The third-order valence-electron chi connectivity index (χ3n) is 5.25. The van der Waals surface area contributed by atoms with Crippen LogP contribution in [0, 0.1) is 5.41 Å². The van der Waals surface area contributed by atoms with Crippen molar-refractivity contribution in [3.8, 4) is 0 Å². The molecule has 18 heavy (non-hydrogen) atoms. The van der Waals surface area contributed by atoms with Crippen LogP contribution in [0.2, 0.25) is 0 Å². The molecule has 0 aromatic rings. The van der Waals surface area contributed by atoms with Gasteiger partial charge in [-0.2, -0.15) is 0 Å². The molecule has 2 unspecified atom stereocenters. The van der Waals surface area contributed by atoms with Crippen molar-refractivity contribution in [2.24, 2.45) is 5.41 Å². The topological polar surface area (TPSA) is 29.5 Å². The van der Waals surface area contributed by atoms with Crippen molar-refractivity contribution in [1.82, 2.24) is 4.90 Å². The van der Waals surface area contributed by atoms with Crippen LogP contribution in [0.4, 0.5) is 0 Å². The van der Waals surface area contributed by atoms with Crippen molar-refractivity contribution in [2.45, 2.75) is 63.5 Å². The van der Waals surface area contributed by atoms with Crippen LogP contribution < -0.4 is 0 Å². The minimum Gasteiger partial charge on any atom is -0.385 e. The Kier molecular flexibility index (Phi) is 3.46. The Labute approximate surface area is 110 Å². The molecule has 2 saturated heterocycles. The molecule has 0 aromatic carbocycles. The second kappa shape index (κ2) is 4.93. The van der Waals surface area contributed by atoms with Gasteiger partial charge in [-0.05, 0) is 37.5 Å². The van der Waals surface area contributed by atoms with E-state index in [1.165, 1.54) is 45.1 Å². The van der Waals surface area contributed by atoms with E-state index in [1.807, 2.05) is 0 Å². The molecule has 3 rings (SSSR count). The quantitative estimate of drug-likeness (QED) is 0.751. The standard InChI is InChI=1S/C15H25NO2/c1-18-8-7-15(5-6-15)11-16-12-3-2-4-13(16)10-14(17)9-12/h12-13H,2-11H2,1H3. The SMILES string of the molecule is COCCC1(CN2C3CCCC2CC(=O)C3)CC1. The number of carbonyl (C=O) groups excluding carboxylic acids is 1. The van der Waals surface area contributed by atoms with Gasteiger partial charge in [0.15, 0.2) is 0 Å². The van der Waals surface area contributed by atoms with Crippen molar-refractivity contribution in [3.05, 3.63) is 0 Å². The van der Waals surface area contributed by atoms with E-state index in [0.29, 0.717) is 23.3 Å². The monoisotopic (exact) mass is 251 g/mol. The maximum absolute atomic E-state index is 11.7. The molecule has 0 amide bonds. The molecule has 3 heteroatoms. The molecule has 2 atom stereocenters. The molecule has 0 aromatic heterocycles. The number of piperidine rings is 2. The lowest BCUT2D eigenvalue weighted by atomic mass is 9.82. The Morgan fingerprint density at radius 3 is 2.50 bits per heavy atom. The maximum atomic E-state index is 11.7. The Bertz CT molecular complexity index is 308. The van der Waals surface area contributed by atoms with E-state index >= 15 is 0 Å². The number of hydrogen-bond donors (Lipinski definition) is 0. The first-order valence-electron chi connectivity index (χ1n) is 7.49. The second-order valence-electron chi connectivity index (χ2n) is 6.60. The summed E-state index contributed by atoms with van der Waals surface area (Å²) in [6, 6.07) is 1.12. The normalized spacial score (nSPS) is 34.6. The molecule has 3 fully saturated rings. The third kappa shape index (κ3) is 2.48. The highest BCUT2D eigenvalue weighted by molar-refractivity contribution is 5.80. The average Bonchev–Trinajstić information content (AvgIpc) is 3.08. The Morgan fingerprint density at radius 1 is 1.28 bits per heavy atom. The molecule has 2 bridgehead atoms. The van der Waals surface area contributed by atoms with Crippen LogP contribution in [0.3, 0.4) is 0 Å². The van der Waals surface area contributed by atoms with Crippen LogP contribution in [0.15, 0.2) is 0 Å². The Morgan fingerprint density at radius 2 is 1.94 bits per heavy atom. The lowest BCUT2D eigenvalue weighted by molar-refractivity contribution is -0.127. The summed E-state index contributed by atoms with van der Waals surface area (Å²) in [5.41, 5.74) is 0.532. The number of fused-ring (bicyclic) bond motifs is 2. The van der Waals surface area contributed by atoms with Crippen molar-refractivity contribution < 1.29 is 9.53 Å². The number of methoxy groups -OCH3 is 1. The Hall–Kier alpha value is -0.410. The zero-order valence-electron chi connectivity index (χ0n) is 11.5. The van der Waals surface area contributed by atoms with Crippen LogP contribution >= 0.6 is 0 Å². The first-order valence-corrected chi connectivity index (χ1v) is 7.49. The van der Waals surface area contributed by atoms with Gasteiger partial charge in [0, 0.05) is 45.2 Å². The zero-order chi connectivity index (χ0) is 12.6. The highest BCUT2D eigenvalue weighted by atomic mass is 16.5. The van der Waals surface area contributed by atoms with E-state index in [-0.39, 0.29) is 0 Å². The van der Waals surface area contributed by atoms with E-state index in [0.717, 1.165) is 19.4 Å². The number of rotatable bonds is 5. The van der Waals surface area contributed by atoms with Crippen molar-refractivity contribution >= 4 is 5.78 Å². The molecule has 1 aliphatic carbocycles. The van der Waals surface area contributed by atoms with E-state index in [9.17, 15) is 4.79 Å². The second-order valence-corrected chi connectivity index (χ2v) is 6.60. The van der Waals surface area contributed by atoms with E-state index in [1.54, 1.807) is 7.11 Å². The summed E-state index contributed by atoms with van der Waals surface area (Å²) in [6.07, 6.45) is 9.36. The van der Waals surface area contributed by atoms with Gasteiger partial charge >= 0.3 is 0 Å². The molecular weight excluding hydrogens is 226 g/mol. The molecule has 2 heterocycles. The van der Waals surface area contributed by atoms with Gasteiger partial charge in [0.25, 0.3) is 0 Å². The molecule has 0 radical (unpaired) electrons. The van der Waals surface area contributed by atoms with Gasteiger partial charge in [-0.15, -0.1) is 0 Å². The summed E-state index contributed by atoms with van der Waals surface area (Å²) in [5.74, 6) is 0.502. The van der Waals surface area contributed by atoms with E-state index in [2.05, 4.69) is 4.90 Å².